The summed E-state index contributed by atoms with van der Waals surface area (Å²) in [5.74, 6) is 0.774. The van der Waals surface area contributed by atoms with Crippen molar-refractivity contribution in [2.75, 3.05) is 50.1 Å². The maximum Gasteiger partial charge on any atom is 0.239 e. The molecular weight excluding hydrogens is 444 g/mol. The van der Waals surface area contributed by atoms with Gasteiger partial charge < -0.3 is 31.0 Å². The summed E-state index contributed by atoms with van der Waals surface area (Å²) in [5.41, 5.74) is 6.51. The number of pyridine rings is 1. The van der Waals surface area contributed by atoms with E-state index in [1.165, 1.54) is 17.5 Å². The van der Waals surface area contributed by atoms with Crippen LogP contribution >= 0.6 is 0 Å². The lowest BCUT2D eigenvalue weighted by molar-refractivity contribution is -0.125. The number of carbonyl (C=O) groups is 1. The molecule has 10 nitrogen and oxygen atoms in total. The van der Waals surface area contributed by atoms with Crippen molar-refractivity contribution in [1.29, 1.82) is 5.41 Å². The molecule has 1 amide bonds. The molecular formula is C25H38N8O2. The number of rotatable bonds is 10. The number of fused-ring (bicyclic) bond motifs is 1. The van der Waals surface area contributed by atoms with E-state index >= 15 is 0 Å². The number of unbranched alkanes of at least 4 members (excludes halogenated alkanes) is 2. The highest BCUT2D eigenvalue weighted by atomic mass is 16.5. The molecule has 4 heterocycles. The second-order valence-corrected chi connectivity index (χ2v) is 9.28. The summed E-state index contributed by atoms with van der Waals surface area (Å²) in [4.78, 5) is 19.0. The van der Waals surface area contributed by atoms with Gasteiger partial charge in [-0.2, -0.15) is 5.10 Å². The summed E-state index contributed by atoms with van der Waals surface area (Å²) >= 11 is 0. The fraction of sp³-hybridized carbons (Fsp3) is 0.600. The van der Waals surface area contributed by atoms with Crippen LogP contribution in [0, 0.1) is 19.3 Å². The zero-order chi connectivity index (χ0) is 24.8. The molecule has 4 rings (SSSR count). The normalized spacial score (nSPS) is 17.7. The molecule has 2 aromatic rings. The van der Waals surface area contributed by atoms with Crippen LogP contribution in [0.1, 0.15) is 47.5 Å². The highest BCUT2D eigenvalue weighted by Crippen LogP contribution is 2.31. The fourth-order valence-electron chi connectivity index (χ4n) is 4.95. The van der Waals surface area contributed by atoms with Crippen LogP contribution in [0.4, 0.5) is 11.5 Å². The van der Waals surface area contributed by atoms with Gasteiger partial charge in [-0.3, -0.25) is 9.48 Å². The number of nitrogens with one attached hydrogen (secondary N) is 4. The van der Waals surface area contributed by atoms with Crippen LogP contribution in [0.15, 0.2) is 6.07 Å². The summed E-state index contributed by atoms with van der Waals surface area (Å²) in [7, 11) is 1.85. The van der Waals surface area contributed by atoms with E-state index in [-0.39, 0.29) is 11.9 Å². The maximum atomic E-state index is 12.1. The SMILES string of the molecule is CNc1nc(C)cc(N2CCc3c(c(C)nn3CCCCCNC(=O)[C@@H]3COCCN3)C2)c1C=N. The summed E-state index contributed by atoms with van der Waals surface area (Å²) in [6.07, 6.45) is 5.35. The second-order valence-electron chi connectivity index (χ2n) is 9.28. The Bertz CT molecular complexity index is 1040. The second kappa shape index (κ2) is 11.6. The van der Waals surface area contributed by atoms with Crippen molar-refractivity contribution >= 4 is 23.6 Å². The minimum absolute atomic E-state index is 0.0310. The van der Waals surface area contributed by atoms with E-state index in [1.807, 2.05) is 14.0 Å². The standard InChI is InChI=1S/C25H38N8O2/c1-17-13-23(19(14-26)24(27-3)30-17)32-11-7-22-20(15-32)18(2)31-33(22)10-6-4-5-8-29-25(34)21-16-35-12-9-28-21/h13-14,21,26,28H,4-12,15-16H2,1-3H3,(H,27,30)(H,29,34)/t21-/m0/s1. The predicted molar refractivity (Wildman–Crippen MR) is 138 cm³/mol. The smallest absolute Gasteiger partial charge is 0.239 e. The molecule has 0 spiro atoms. The largest absolute Gasteiger partial charge is 0.378 e. The molecule has 1 fully saturated rings. The van der Waals surface area contributed by atoms with E-state index < -0.39 is 0 Å². The van der Waals surface area contributed by atoms with Crippen molar-refractivity contribution in [1.82, 2.24) is 25.4 Å². The Kier molecular flexibility index (Phi) is 8.35. The van der Waals surface area contributed by atoms with Gasteiger partial charge in [0.15, 0.2) is 0 Å². The van der Waals surface area contributed by atoms with E-state index in [0.717, 1.165) is 80.3 Å². The molecule has 35 heavy (non-hydrogen) atoms. The lowest BCUT2D eigenvalue weighted by Gasteiger charge is -2.31. The topological polar surface area (TPSA) is 120 Å². The first kappa shape index (κ1) is 25.1. The van der Waals surface area contributed by atoms with Gasteiger partial charge in [-0.05, 0) is 39.2 Å². The van der Waals surface area contributed by atoms with Crippen molar-refractivity contribution < 1.29 is 9.53 Å². The van der Waals surface area contributed by atoms with Gasteiger partial charge >= 0.3 is 0 Å². The first-order chi connectivity index (χ1) is 17.0. The van der Waals surface area contributed by atoms with Crippen LogP contribution in [-0.4, -0.2) is 72.8 Å². The molecule has 1 saturated heterocycles. The van der Waals surface area contributed by atoms with E-state index in [1.54, 1.807) is 0 Å². The average Bonchev–Trinajstić information content (AvgIpc) is 3.20. The van der Waals surface area contributed by atoms with Gasteiger partial charge in [0.2, 0.25) is 5.91 Å². The zero-order valence-electron chi connectivity index (χ0n) is 21.1. The molecule has 2 aromatic heterocycles. The Labute approximate surface area is 207 Å². The van der Waals surface area contributed by atoms with Crippen LogP contribution in [0.3, 0.4) is 0 Å². The van der Waals surface area contributed by atoms with Gasteiger partial charge in [-0.15, -0.1) is 0 Å². The molecule has 0 radical (unpaired) electrons. The van der Waals surface area contributed by atoms with Gasteiger partial charge in [0.25, 0.3) is 0 Å². The Morgan fingerprint density at radius 3 is 2.94 bits per heavy atom. The minimum atomic E-state index is -0.224. The van der Waals surface area contributed by atoms with Crippen LogP contribution in [-0.2, 0) is 29.0 Å². The van der Waals surface area contributed by atoms with Crippen LogP contribution in [0.5, 0.6) is 0 Å². The molecule has 0 aromatic carbocycles. The zero-order valence-corrected chi connectivity index (χ0v) is 21.1. The Balaban J connectivity index is 1.30. The van der Waals surface area contributed by atoms with Crippen LogP contribution < -0.4 is 20.9 Å². The molecule has 0 unspecified atom stereocenters. The van der Waals surface area contributed by atoms with Gasteiger partial charge in [0.1, 0.15) is 11.9 Å². The first-order valence-electron chi connectivity index (χ1n) is 12.6. The molecule has 4 N–H and O–H groups in total. The lowest BCUT2D eigenvalue weighted by Crippen LogP contribution is -2.51. The number of hydrogen-bond acceptors (Lipinski definition) is 8. The monoisotopic (exact) mass is 482 g/mol. The number of nitrogens with zero attached hydrogens (tertiary/aromatic N) is 4. The first-order valence-corrected chi connectivity index (χ1v) is 12.6. The molecule has 0 saturated carbocycles. The summed E-state index contributed by atoms with van der Waals surface area (Å²) in [5, 5.41) is 22.1. The number of aromatic nitrogens is 3. The van der Waals surface area contributed by atoms with Gasteiger partial charge in [0.05, 0.1) is 30.2 Å². The molecule has 2 aliphatic heterocycles. The average molecular weight is 483 g/mol. The third-order valence-electron chi connectivity index (χ3n) is 6.81. The van der Waals surface area contributed by atoms with Gasteiger partial charge in [0, 0.05) is 69.4 Å². The Morgan fingerprint density at radius 1 is 1.34 bits per heavy atom. The van der Waals surface area contributed by atoms with Crippen molar-refractivity contribution in [3.63, 3.8) is 0 Å². The van der Waals surface area contributed by atoms with Crippen molar-refractivity contribution in [2.24, 2.45) is 0 Å². The summed E-state index contributed by atoms with van der Waals surface area (Å²) < 4.78 is 7.53. The number of morpholine rings is 1. The predicted octanol–water partition coefficient (Wildman–Crippen LogP) is 1.77. The van der Waals surface area contributed by atoms with Crippen molar-refractivity contribution in [3.8, 4) is 0 Å². The van der Waals surface area contributed by atoms with E-state index in [4.69, 9.17) is 15.2 Å². The van der Waals surface area contributed by atoms with Crippen LogP contribution in [0.2, 0.25) is 0 Å². The third kappa shape index (κ3) is 5.82. The number of aryl methyl sites for hydroxylation is 3. The quantitative estimate of drug-likeness (QED) is 0.301. The number of carbonyl (C=O) groups excluding carboxylic acids is 1. The van der Waals surface area contributed by atoms with Crippen molar-refractivity contribution in [3.05, 3.63) is 34.3 Å². The van der Waals surface area contributed by atoms with Crippen molar-refractivity contribution in [2.45, 2.75) is 58.7 Å². The summed E-state index contributed by atoms with van der Waals surface area (Å²) in [6.45, 7) is 9.19. The lowest BCUT2D eigenvalue weighted by atomic mass is 10.0. The van der Waals surface area contributed by atoms with Crippen LogP contribution in [0.25, 0.3) is 0 Å². The number of amides is 1. The van der Waals surface area contributed by atoms with E-state index in [9.17, 15) is 4.79 Å². The Morgan fingerprint density at radius 2 is 2.20 bits per heavy atom. The molecule has 190 valence electrons. The molecule has 2 aliphatic rings. The maximum absolute atomic E-state index is 12.1. The van der Waals surface area contributed by atoms with Gasteiger partial charge in [-0.1, -0.05) is 0 Å². The number of hydrogen-bond donors (Lipinski definition) is 4. The minimum Gasteiger partial charge on any atom is -0.378 e. The molecule has 10 heteroatoms. The fourth-order valence-corrected chi connectivity index (χ4v) is 4.95. The molecule has 1 atom stereocenters. The number of ether oxygens (including phenoxy) is 1. The molecule has 0 aliphatic carbocycles. The van der Waals surface area contributed by atoms with E-state index in [2.05, 4.69) is 43.5 Å². The highest BCUT2D eigenvalue weighted by molar-refractivity contribution is 5.92. The number of anilines is 2. The highest BCUT2D eigenvalue weighted by Gasteiger charge is 2.25. The van der Waals surface area contributed by atoms with E-state index in [0.29, 0.717) is 19.8 Å². The molecule has 0 bridgehead atoms. The van der Waals surface area contributed by atoms with Gasteiger partial charge in [-0.25, -0.2) is 4.98 Å². The Hall–Kier alpha value is -2.98. The third-order valence-corrected chi connectivity index (χ3v) is 6.81. The summed E-state index contributed by atoms with van der Waals surface area (Å²) in [6, 6.07) is 1.85.